The van der Waals surface area contributed by atoms with Gasteiger partial charge in [-0.25, -0.2) is 0 Å². The highest BCUT2D eigenvalue weighted by Crippen LogP contribution is 2.23. The smallest absolute Gasteiger partial charge is 0.122 e. The molecule has 0 aromatic heterocycles. The quantitative estimate of drug-likeness (QED) is 0.576. The van der Waals surface area contributed by atoms with Crippen molar-refractivity contribution >= 4 is 5.84 Å². The van der Waals surface area contributed by atoms with Gasteiger partial charge in [-0.15, -0.1) is 0 Å². The van der Waals surface area contributed by atoms with Gasteiger partial charge in [0.2, 0.25) is 0 Å². The summed E-state index contributed by atoms with van der Waals surface area (Å²) in [6.45, 7) is 8.55. The van der Waals surface area contributed by atoms with Crippen LogP contribution in [-0.2, 0) is 11.3 Å². The first-order valence-corrected chi connectivity index (χ1v) is 7.26. The Kier molecular flexibility index (Phi) is 4.66. The lowest BCUT2D eigenvalue weighted by atomic mass is 10.0. The maximum atomic E-state index is 9.37. The van der Waals surface area contributed by atoms with Gasteiger partial charge in [0.05, 0.1) is 18.3 Å². The fourth-order valence-corrected chi connectivity index (χ4v) is 2.91. The van der Waals surface area contributed by atoms with Crippen molar-refractivity contribution in [3.8, 4) is 0 Å². The Bertz CT molecular complexity index is 528. The van der Waals surface area contributed by atoms with Crippen molar-refractivity contribution < 1.29 is 9.84 Å². The predicted molar refractivity (Wildman–Crippen MR) is 83.5 cm³/mol. The second kappa shape index (κ2) is 6.13. The zero-order valence-corrected chi connectivity index (χ0v) is 13.0. The summed E-state index contributed by atoms with van der Waals surface area (Å²) in [7, 11) is 0. The molecular weight excluding hydrogens is 266 g/mol. The van der Waals surface area contributed by atoms with E-state index in [0.717, 1.165) is 30.8 Å². The van der Waals surface area contributed by atoms with Crippen molar-refractivity contribution in [2.45, 2.75) is 39.0 Å². The highest BCUT2D eigenvalue weighted by Gasteiger charge is 2.33. The SMILES string of the molecule is Cc1cc(C(=N)N)ccc1CN1CC(CO)OC(C)(C)C1. The molecule has 1 aliphatic heterocycles. The molecule has 5 nitrogen and oxygen atoms in total. The first-order chi connectivity index (χ1) is 9.80. The Morgan fingerprint density at radius 2 is 2.24 bits per heavy atom. The van der Waals surface area contributed by atoms with Crippen LogP contribution in [0, 0.1) is 12.3 Å². The van der Waals surface area contributed by atoms with Crippen molar-refractivity contribution in [1.82, 2.24) is 4.90 Å². The molecule has 1 aromatic rings. The zero-order chi connectivity index (χ0) is 15.6. The van der Waals surface area contributed by atoms with Gasteiger partial charge in [-0.3, -0.25) is 10.3 Å². The van der Waals surface area contributed by atoms with Crippen LogP contribution in [-0.4, -0.2) is 47.2 Å². The summed E-state index contributed by atoms with van der Waals surface area (Å²) in [5.74, 6) is 0.0949. The molecule has 2 rings (SSSR count). The lowest BCUT2D eigenvalue weighted by molar-refractivity contribution is -0.150. The van der Waals surface area contributed by atoms with Crippen LogP contribution in [0.1, 0.15) is 30.5 Å². The lowest BCUT2D eigenvalue weighted by Crippen LogP contribution is -2.53. The number of hydrogen-bond acceptors (Lipinski definition) is 4. The number of aliphatic hydroxyl groups excluding tert-OH is 1. The van der Waals surface area contributed by atoms with Gasteiger partial charge >= 0.3 is 0 Å². The van der Waals surface area contributed by atoms with Crippen molar-refractivity contribution in [3.05, 3.63) is 34.9 Å². The molecule has 1 heterocycles. The monoisotopic (exact) mass is 291 g/mol. The van der Waals surface area contributed by atoms with E-state index in [2.05, 4.69) is 4.90 Å². The van der Waals surface area contributed by atoms with Crippen molar-refractivity contribution in [2.75, 3.05) is 19.7 Å². The number of nitrogens with one attached hydrogen (secondary N) is 1. The zero-order valence-electron chi connectivity index (χ0n) is 13.0. The second-order valence-corrected chi connectivity index (χ2v) is 6.41. The van der Waals surface area contributed by atoms with Gasteiger partial charge in [0.15, 0.2) is 0 Å². The molecule has 0 amide bonds. The third-order valence-corrected chi connectivity index (χ3v) is 3.80. The number of morpholine rings is 1. The number of aryl methyl sites for hydroxylation is 1. The predicted octanol–water partition coefficient (Wildman–Crippen LogP) is 1.25. The molecule has 1 fully saturated rings. The molecule has 0 spiro atoms. The van der Waals surface area contributed by atoms with Crippen LogP contribution in [0.5, 0.6) is 0 Å². The molecule has 5 heteroatoms. The first kappa shape index (κ1) is 15.9. The first-order valence-electron chi connectivity index (χ1n) is 7.26. The number of ether oxygens (including phenoxy) is 1. The Morgan fingerprint density at radius 1 is 1.52 bits per heavy atom. The minimum Gasteiger partial charge on any atom is -0.394 e. The van der Waals surface area contributed by atoms with E-state index in [4.69, 9.17) is 15.9 Å². The van der Waals surface area contributed by atoms with Crippen molar-refractivity contribution in [3.63, 3.8) is 0 Å². The van der Waals surface area contributed by atoms with Crippen LogP contribution in [0.25, 0.3) is 0 Å². The molecule has 1 atom stereocenters. The van der Waals surface area contributed by atoms with Crippen LogP contribution in [0.3, 0.4) is 0 Å². The summed E-state index contributed by atoms with van der Waals surface area (Å²) < 4.78 is 5.84. The molecule has 21 heavy (non-hydrogen) atoms. The molecule has 0 saturated carbocycles. The largest absolute Gasteiger partial charge is 0.394 e. The summed E-state index contributed by atoms with van der Waals surface area (Å²) in [4.78, 5) is 2.31. The minimum absolute atomic E-state index is 0.0438. The lowest BCUT2D eigenvalue weighted by Gasteiger charge is -2.42. The van der Waals surface area contributed by atoms with Gasteiger partial charge in [-0.1, -0.05) is 12.1 Å². The van der Waals surface area contributed by atoms with Gasteiger partial charge in [-0.05, 0) is 38.0 Å². The van der Waals surface area contributed by atoms with Gasteiger partial charge < -0.3 is 15.6 Å². The van der Waals surface area contributed by atoms with E-state index in [0.29, 0.717) is 0 Å². The summed E-state index contributed by atoms with van der Waals surface area (Å²) in [5.41, 5.74) is 8.37. The molecule has 0 radical (unpaired) electrons. The molecule has 4 N–H and O–H groups in total. The minimum atomic E-state index is -0.251. The Morgan fingerprint density at radius 3 is 2.81 bits per heavy atom. The number of benzene rings is 1. The van der Waals surface area contributed by atoms with Gasteiger partial charge in [-0.2, -0.15) is 0 Å². The highest BCUT2D eigenvalue weighted by molar-refractivity contribution is 5.95. The molecule has 1 unspecified atom stereocenters. The number of rotatable bonds is 4. The number of aliphatic hydroxyl groups is 1. The topological polar surface area (TPSA) is 82.6 Å². The van der Waals surface area contributed by atoms with E-state index >= 15 is 0 Å². The average molecular weight is 291 g/mol. The number of nitrogen functional groups attached to an aromatic ring is 1. The Hall–Kier alpha value is -1.43. The van der Waals surface area contributed by atoms with Gasteiger partial charge in [0.1, 0.15) is 5.84 Å². The number of nitrogens with zero attached hydrogens (tertiary/aromatic N) is 1. The van der Waals surface area contributed by atoms with Crippen LogP contribution >= 0.6 is 0 Å². The molecule has 116 valence electrons. The number of hydrogen-bond donors (Lipinski definition) is 3. The summed E-state index contributed by atoms with van der Waals surface area (Å²) in [6.07, 6.45) is -0.134. The van der Waals surface area contributed by atoms with E-state index in [1.807, 2.05) is 39.0 Å². The fraction of sp³-hybridized carbons (Fsp3) is 0.562. The van der Waals surface area contributed by atoms with Crippen LogP contribution in [0.15, 0.2) is 18.2 Å². The highest BCUT2D eigenvalue weighted by atomic mass is 16.5. The summed E-state index contributed by atoms with van der Waals surface area (Å²) in [5, 5.41) is 16.9. The van der Waals surface area contributed by atoms with E-state index in [1.54, 1.807) is 0 Å². The summed E-state index contributed by atoms with van der Waals surface area (Å²) >= 11 is 0. The van der Waals surface area contributed by atoms with Crippen LogP contribution in [0.4, 0.5) is 0 Å². The van der Waals surface area contributed by atoms with Crippen molar-refractivity contribution in [1.29, 1.82) is 5.41 Å². The van der Waals surface area contributed by atoms with E-state index in [9.17, 15) is 5.11 Å². The summed E-state index contributed by atoms with van der Waals surface area (Å²) in [6, 6.07) is 5.87. The third-order valence-electron chi connectivity index (χ3n) is 3.80. The molecule has 1 saturated heterocycles. The molecule has 0 bridgehead atoms. The number of amidine groups is 1. The van der Waals surface area contributed by atoms with Crippen LogP contribution in [0.2, 0.25) is 0 Å². The Balaban J connectivity index is 2.12. The maximum absolute atomic E-state index is 9.37. The average Bonchev–Trinajstić information content (AvgIpc) is 2.39. The van der Waals surface area contributed by atoms with Gasteiger partial charge in [0, 0.05) is 25.2 Å². The number of nitrogens with two attached hydrogens (primary N) is 1. The van der Waals surface area contributed by atoms with E-state index < -0.39 is 0 Å². The molecule has 1 aromatic carbocycles. The maximum Gasteiger partial charge on any atom is 0.122 e. The normalized spacial score (nSPS) is 22.2. The van der Waals surface area contributed by atoms with Crippen molar-refractivity contribution in [2.24, 2.45) is 5.73 Å². The standard InChI is InChI=1S/C16H25N3O2/c1-11-6-12(15(17)18)4-5-13(11)7-19-8-14(9-20)21-16(2,3)10-19/h4-6,14,20H,7-10H2,1-3H3,(H3,17,18). The second-order valence-electron chi connectivity index (χ2n) is 6.41. The third kappa shape index (κ3) is 4.03. The van der Waals surface area contributed by atoms with E-state index in [1.165, 1.54) is 5.56 Å². The van der Waals surface area contributed by atoms with Crippen LogP contribution < -0.4 is 5.73 Å². The molecular formula is C16H25N3O2. The Labute approximate surface area is 126 Å². The molecule has 0 aliphatic carbocycles. The van der Waals surface area contributed by atoms with Gasteiger partial charge in [0.25, 0.3) is 0 Å². The van der Waals surface area contributed by atoms with E-state index in [-0.39, 0.29) is 24.1 Å². The fourth-order valence-electron chi connectivity index (χ4n) is 2.91. The molecule has 1 aliphatic rings.